The number of aliphatic imine (C=N–C) groups is 1. The zero-order valence-corrected chi connectivity index (χ0v) is 16.7. The molecule has 0 fully saturated rings. The molecule has 150 valence electrons. The van der Waals surface area contributed by atoms with E-state index in [0.29, 0.717) is 11.6 Å². The van der Waals surface area contributed by atoms with Gasteiger partial charge in [-0.2, -0.15) is 0 Å². The second-order valence-electron chi connectivity index (χ2n) is 7.87. The van der Waals surface area contributed by atoms with Gasteiger partial charge in [-0.3, -0.25) is 4.98 Å². The number of anilines is 1. The first-order valence-electron chi connectivity index (χ1n) is 10.5. The average Bonchev–Trinajstić information content (AvgIpc) is 3.48. The van der Waals surface area contributed by atoms with Crippen LogP contribution < -0.4 is 5.32 Å². The van der Waals surface area contributed by atoms with Crippen LogP contribution in [-0.2, 0) is 45.6 Å². The number of rotatable bonds is 4. The molecule has 1 aromatic carbocycles. The number of esters is 1. The standard InChI is InChI=1S/C23H25N3O3/c1-2-28-21(27)23(17-8-5-11-24-13-17)14-25-22(29-23)26-20-18-9-3-6-15(18)12-16-7-4-10-19(16)20/h5,8,11-13H,2-4,6-7,9-10,14H2,1H3,(H,25,26)/t23-/m0/s1. The number of benzene rings is 1. The maximum atomic E-state index is 12.9. The molecule has 0 bridgehead atoms. The third-order valence-corrected chi connectivity index (χ3v) is 6.15. The predicted molar refractivity (Wildman–Crippen MR) is 110 cm³/mol. The van der Waals surface area contributed by atoms with Gasteiger partial charge in [0.25, 0.3) is 11.6 Å². The van der Waals surface area contributed by atoms with Crippen molar-refractivity contribution in [1.82, 2.24) is 4.98 Å². The lowest BCUT2D eigenvalue weighted by molar-refractivity contribution is -0.161. The van der Waals surface area contributed by atoms with Crippen molar-refractivity contribution >= 4 is 17.7 Å². The van der Waals surface area contributed by atoms with E-state index in [1.807, 2.05) is 6.07 Å². The van der Waals surface area contributed by atoms with Crippen LogP contribution in [0, 0.1) is 0 Å². The van der Waals surface area contributed by atoms with Gasteiger partial charge in [-0.25, -0.2) is 9.79 Å². The minimum absolute atomic E-state index is 0.178. The molecule has 0 radical (unpaired) electrons. The maximum absolute atomic E-state index is 12.9. The number of hydrogen-bond acceptors (Lipinski definition) is 6. The number of carbonyl (C=O) groups is 1. The van der Waals surface area contributed by atoms with E-state index in [1.54, 1.807) is 25.4 Å². The third kappa shape index (κ3) is 2.98. The first kappa shape index (κ1) is 18.2. The minimum Gasteiger partial charge on any atom is -0.463 e. The smallest absolute Gasteiger partial charge is 0.357 e. The Bertz CT molecular complexity index is 954. The van der Waals surface area contributed by atoms with Crippen LogP contribution in [-0.4, -0.2) is 30.1 Å². The number of amidine groups is 1. The van der Waals surface area contributed by atoms with E-state index in [2.05, 4.69) is 21.4 Å². The Kier molecular flexibility index (Phi) is 4.49. The molecule has 0 saturated carbocycles. The fourth-order valence-corrected chi connectivity index (χ4v) is 4.78. The number of carbonyl (C=O) groups excluding carboxylic acids is 1. The Morgan fingerprint density at radius 1 is 1.21 bits per heavy atom. The van der Waals surface area contributed by atoms with Crippen molar-refractivity contribution in [3.8, 4) is 0 Å². The van der Waals surface area contributed by atoms with E-state index >= 15 is 0 Å². The van der Waals surface area contributed by atoms with Crippen LogP contribution in [0.2, 0.25) is 0 Å². The summed E-state index contributed by atoms with van der Waals surface area (Å²) in [5.74, 6) is -0.433. The van der Waals surface area contributed by atoms with E-state index in [-0.39, 0.29) is 13.2 Å². The van der Waals surface area contributed by atoms with Gasteiger partial charge in [-0.15, -0.1) is 0 Å². The van der Waals surface area contributed by atoms with Crippen molar-refractivity contribution in [3.05, 3.63) is 58.4 Å². The fraction of sp³-hybridized carbons (Fsp3) is 0.435. The highest BCUT2D eigenvalue weighted by Gasteiger charge is 2.49. The molecule has 5 rings (SSSR count). The van der Waals surface area contributed by atoms with Crippen molar-refractivity contribution in [2.75, 3.05) is 18.5 Å². The molecule has 1 atom stereocenters. The molecule has 1 N–H and O–H groups in total. The van der Waals surface area contributed by atoms with Crippen molar-refractivity contribution in [2.45, 2.75) is 51.0 Å². The van der Waals surface area contributed by atoms with Crippen molar-refractivity contribution in [1.29, 1.82) is 0 Å². The normalized spacial score (nSPS) is 21.9. The van der Waals surface area contributed by atoms with Crippen LogP contribution in [0.1, 0.15) is 47.6 Å². The van der Waals surface area contributed by atoms with E-state index < -0.39 is 11.6 Å². The molecular weight excluding hydrogens is 366 g/mol. The van der Waals surface area contributed by atoms with Gasteiger partial charge in [0.15, 0.2) is 0 Å². The molecule has 2 aliphatic carbocycles. The zero-order valence-electron chi connectivity index (χ0n) is 16.7. The highest BCUT2D eigenvalue weighted by atomic mass is 16.6. The number of aromatic nitrogens is 1. The second kappa shape index (κ2) is 7.17. The van der Waals surface area contributed by atoms with Gasteiger partial charge < -0.3 is 14.8 Å². The second-order valence-corrected chi connectivity index (χ2v) is 7.87. The molecule has 3 aliphatic rings. The Hall–Kier alpha value is -2.89. The Labute approximate surface area is 170 Å². The number of nitrogens with one attached hydrogen (secondary N) is 1. The summed E-state index contributed by atoms with van der Waals surface area (Å²) in [6.07, 6.45) is 10.1. The van der Waals surface area contributed by atoms with Crippen LogP contribution in [0.4, 0.5) is 5.69 Å². The number of hydrogen-bond donors (Lipinski definition) is 1. The van der Waals surface area contributed by atoms with Gasteiger partial charge in [0.2, 0.25) is 0 Å². The molecule has 1 aromatic heterocycles. The molecule has 2 heterocycles. The topological polar surface area (TPSA) is 72.8 Å². The number of pyridine rings is 1. The molecule has 0 unspecified atom stereocenters. The van der Waals surface area contributed by atoms with Gasteiger partial charge in [0.05, 0.1) is 13.2 Å². The summed E-state index contributed by atoms with van der Waals surface area (Å²) in [7, 11) is 0. The molecule has 0 saturated heterocycles. The number of fused-ring (bicyclic) bond motifs is 2. The molecule has 2 aromatic rings. The summed E-state index contributed by atoms with van der Waals surface area (Å²) in [5, 5.41) is 3.46. The van der Waals surface area contributed by atoms with Crippen molar-refractivity contribution in [2.24, 2.45) is 4.99 Å². The van der Waals surface area contributed by atoms with Gasteiger partial charge in [-0.1, -0.05) is 12.1 Å². The molecule has 29 heavy (non-hydrogen) atoms. The van der Waals surface area contributed by atoms with Crippen LogP contribution in [0.3, 0.4) is 0 Å². The van der Waals surface area contributed by atoms with E-state index in [4.69, 9.17) is 9.47 Å². The maximum Gasteiger partial charge on any atom is 0.357 e. The van der Waals surface area contributed by atoms with Crippen LogP contribution in [0.25, 0.3) is 0 Å². The van der Waals surface area contributed by atoms with Crippen LogP contribution in [0.15, 0.2) is 35.6 Å². The van der Waals surface area contributed by atoms with Crippen molar-refractivity contribution < 1.29 is 14.3 Å². The lowest BCUT2D eigenvalue weighted by atomic mass is 9.95. The molecule has 6 nitrogen and oxygen atoms in total. The number of ether oxygens (including phenoxy) is 2. The van der Waals surface area contributed by atoms with Crippen LogP contribution >= 0.6 is 0 Å². The van der Waals surface area contributed by atoms with Gasteiger partial charge in [-0.05, 0) is 73.8 Å². The average molecular weight is 391 g/mol. The summed E-state index contributed by atoms with van der Waals surface area (Å²) in [5.41, 5.74) is 6.16. The first-order chi connectivity index (χ1) is 14.2. The molecular formula is C23H25N3O3. The summed E-state index contributed by atoms with van der Waals surface area (Å²) in [6.45, 7) is 2.25. The highest BCUT2D eigenvalue weighted by Crippen LogP contribution is 2.40. The first-order valence-corrected chi connectivity index (χ1v) is 10.5. The predicted octanol–water partition coefficient (Wildman–Crippen LogP) is 3.32. The number of aryl methyl sites for hydroxylation is 2. The molecule has 0 amide bonds. The molecule has 6 heteroatoms. The largest absolute Gasteiger partial charge is 0.463 e. The zero-order chi connectivity index (χ0) is 19.8. The van der Waals surface area contributed by atoms with E-state index in [1.165, 1.54) is 35.1 Å². The van der Waals surface area contributed by atoms with E-state index in [9.17, 15) is 4.79 Å². The minimum atomic E-state index is -1.28. The monoisotopic (exact) mass is 391 g/mol. The van der Waals surface area contributed by atoms with Gasteiger partial charge in [0.1, 0.15) is 0 Å². The third-order valence-electron chi connectivity index (χ3n) is 6.15. The summed E-state index contributed by atoms with van der Waals surface area (Å²) in [6, 6.07) is 6.41. The molecule has 1 aliphatic heterocycles. The highest BCUT2D eigenvalue weighted by molar-refractivity contribution is 5.97. The molecule has 0 spiro atoms. The summed E-state index contributed by atoms with van der Waals surface area (Å²) < 4.78 is 11.5. The van der Waals surface area contributed by atoms with Crippen LogP contribution in [0.5, 0.6) is 0 Å². The van der Waals surface area contributed by atoms with E-state index in [0.717, 1.165) is 31.4 Å². The Balaban J connectivity index is 1.47. The quantitative estimate of drug-likeness (QED) is 0.810. The SMILES string of the molecule is CCOC(=O)[C@@]1(c2cccnc2)CN=C(Nc2c3c(cc4c2CCC4)CCC3)O1. The lowest BCUT2D eigenvalue weighted by Gasteiger charge is -2.26. The summed E-state index contributed by atoms with van der Waals surface area (Å²) in [4.78, 5) is 21.6. The Morgan fingerprint density at radius 3 is 2.62 bits per heavy atom. The van der Waals surface area contributed by atoms with Crippen molar-refractivity contribution in [3.63, 3.8) is 0 Å². The lowest BCUT2D eigenvalue weighted by Crippen LogP contribution is -2.42. The van der Waals surface area contributed by atoms with Gasteiger partial charge >= 0.3 is 5.97 Å². The van der Waals surface area contributed by atoms with Gasteiger partial charge in [0, 0.05) is 23.6 Å². The summed E-state index contributed by atoms with van der Waals surface area (Å²) >= 11 is 0. The Morgan fingerprint density at radius 2 is 1.97 bits per heavy atom. The fourth-order valence-electron chi connectivity index (χ4n) is 4.78. The number of nitrogens with zero attached hydrogens (tertiary/aromatic N) is 2.